The first-order valence-electron chi connectivity index (χ1n) is 5.56. The van der Waals surface area contributed by atoms with E-state index in [1.165, 1.54) is 10.5 Å². The topological polar surface area (TPSA) is 41.1 Å². The van der Waals surface area contributed by atoms with Gasteiger partial charge in [-0.2, -0.15) is 0 Å². The molecule has 2 N–H and O–H groups in total. The van der Waals surface area contributed by atoms with Crippen LogP contribution in [0.1, 0.15) is 18.4 Å². The van der Waals surface area contributed by atoms with E-state index in [4.69, 9.17) is 0 Å². The van der Waals surface area contributed by atoms with E-state index in [2.05, 4.69) is 22.8 Å². The SMILES string of the molecule is CC1Sc2cc(C3CNC3)ccc2NC1=O. The third kappa shape index (κ3) is 1.62. The number of rotatable bonds is 1. The number of nitrogens with one attached hydrogen (secondary N) is 2. The van der Waals surface area contributed by atoms with Gasteiger partial charge in [0.1, 0.15) is 0 Å². The van der Waals surface area contributed by atoms with Crippen LogP contribution in [0.25, 0.3) is 0 Å². The van der Waals surface area contributed by atoms with Crippen molar-refractivity contribution in [2.24, 2.45) is 0 Å². The lowest BCUT2D eigenvalue weighted by molar-refractivity contribution is -0.115. The van der Waals surface area contributed by atoms with Crippen molar-refractivity contribution < 1.29 is 4.79 Å². The Labute approximate surface area is 99.0 Å². The molecule has 1 fully saturated rings. The second kappa shape index (κ2) is 3.79. The summed E-state index contributed by atoms with van der Waals surface area (Å²) < 4.78 is 0. The van der Waals surface area contributed by atoms with Crippen LogP contribution in [0.4, 0.5) is 5.69 Å². The summed E-state index contributed by atoms with van der Waals surface area (Å²) >= 11 is 1.65. The van der Waals surface area contributed by atoms with Gasteiger partial charge in [0, 0.05) is 23.9 Å². The van der Waals surface area contributed by atoms with Gasteiger partial charge in [0.25, 0.3) is 0 Å². The first-order valence-corrected chi connectivity index (χ1v) is 6.44. The first-order chi connectivity index (χ1) is 7.74. The van der Waals surface area contributed by atoms with Gasteiger partial charge in [-0.3, -0.25) is 4.79 Å². The van der Waals surface area contributed by atoms with E-state index in [-0.39, 0.29) is 11.2 Å². The molecule has 0 radical (unpaired) electrons. The quantitative estimate of drug-likeness (QED) is 0.778. The average molecular weight is 234 g/mol. The smallest absolute Gasteiger partial charge is 0.237 e. The predicted molar refractivity (Wildman–Crippen MR) is 66.0 cm³/mol. The normalized spacial score (nSPS) is 24.6. The zero-order valence-electron chi connectivity index (χ0n) is 9.12. The van der Waals surface area contributed by atoms with Gasteiger partial charge >= 0.3 is 0 Å². The number of hydrogen-bond acceptors (Lipinski definition) is 3. The summed E-state index contributed by atoms with van der Waals surface area (Å²) in [6.45, 7) is 4.09. The van der Waals surface area contributed by atoms with Gasteiger partial charge in [0.15, 0.2) is 0 Å². The second-order valence-corrected chi connectivity index (χ2v) is 5.74. The predicted octanol–water partition coefficient (Wildman–Crippen LogP) is 1.81. The number of carbonyl (C=O) groups excluding carboxylic acids is 1. The zero-order chi connectivity index (χ0) is 11.1. The highest BCUT2D eigenvalue weighted by Crippen LogP contribution is 2.37. The highest BCUT2D eigenvalue weighted by Gasteiger charge is 2.25. The van der Waals surface area contributed by atoms with E-state index < -0.39 is 0 Å². The minimum absolute atomic E-state index is 0.0160. The van der Waals surface area contributed by atoms with Gasteiger partial charge in [-0.1, -0.05) is 6.07 Å². The van der Waals surface area contributed by atoms with Crippen molar-refractivity contribution in [1.29, 1.82) is 0 Å². The molecule has 1 unspecified atom stereocenters. The van der Waals surface area contributed by atoms with Crippen LogP contribution in [0.15, 0.2) is 23.1 Å². The second-order valence-electron chi connectivity index (χ2n) is 4.36. The molecule has 0 saturated carbocycles. The van der Waals surface area contributed by atoms with Crippen molar-refractivity contribution in [3.63, 3.8) is 0 Å². The van der Waals surface area contributed by atoms with Crippen molar-refractivity contribution in [3.8, 4) is 0 Å². The molecule has 2 aliphatic rings. The monoisotopic (exact) mass is 234 g/mol. The summed E-state index contributed by atoms with van der Waals surface area (Å²) in [4.78, 5) is 12.7. The third-order valence-electron chi connectivity index (χ3n) is 3.19. The van der Waals surface area contributed by atoms with Crippen LogP contribution in [0.5, 0.6) is 0 Å². The Kier molecular flexibility index (Phi) is 2.41. The molecule has 16 heavy (non-hydrogen) atoms. The highest BCUT2D eigenvalue weighted by molar-refractivity contribution is 8.00. The fourth-order valence-corrected chi connectivity index (χ4v) is 2.99. The molecule has 4 heteroatoms. The Morgan fingerprint density at radius 3 is 2.88 bits per heavy atom. The molecule has 0 bridgehead atoms. The van der Waals surface area contributed by atoms with Crippen LogP contribution in [-0.4, -0.2) is 24.2 Å². The molecule has 1 amide bonds. The maximum Gasteiger partial charge on any atom is 0.237 e. The minimum Gasteiger partial charge on any atom is -0.324 e. The van der Waals surface area contributed by atoms with Crippen molar-refractivity contribution in [3.05, 3.63) is 23.8 Å². The zero-order valence-corrected chi connectivity index (χ0v) is 9.93. The van der Waals surface area contributed by atoms with Crippen molar-refractivity contribution in [1.82, 2.24) is 5.32 Å². The molecule has 1 saturated heterocycles. The summed E-state index contributed by atoms with van der Waals surface area (Å²) in [5, 5.41) is 6.23. The molecule has 1 aromatic rings. The van der Waals surface area contributed by atoms with Gasteiger partial charge in [0.2, 0.25) is 5.91 Å². The van der Waals surface area contributed by atoms with Crippen LogP contribution >= 0.6 is 11.8 Å². The van der Waals surface area contributed by atoms with Gasteiger partial charge in [0.05, 0.1) is 10.9 Å². The number of amides is 1. The Morgan fingerprint density at radius 2 is 2.19 bits per heavy atom. The molecule has 2 heterocycles. The molecular weight excluding hydrogens is 220 g/mol. The average Bonchev–Trinajstić information content (AvgIpc) is 2.17. The molecule has 0 spiro atoms. The van der Waals surface area contributed by atoms with Gasteiger partial charge in [-0.05, 0) is 24.6 Å². The maximum absolute atomic E-state index is 11.5. The fraction of sp³-hybridized carbons (Fsp3) is 0.417. The number of hydrogen-bond donors (Lipinski definition) is 2. The molecule has 3 rings (SSSR count). The molecule has 1 aromatic carbocycles. The summed E-state index contributed by atoms with van der Waals surface area (Å²) in [5.74, 6) is 0.759. The van der Waals surface area contributed by atoms with Crippen LogP contribution in [-0.2, 0) is 4.79 Å². The molecule has 0 aromatic heterocycles. The molecule has 3 nitrogen and oxygen atoms in total. The lowest BCUT2D eigenvalue weighted by Gasteiger charge is -2.29. The molecule has 0 aliphatic carbocycles. The van der Waals surface area contributed by atoms with Crippen LogP contribution in [0.2, 0.25) is 0 Å². The van der Waals surface area contributed by atoms with Crippen LogP contribution < -0.4 is 10.6 Å². The number of fused-ring (bicyclic) bond motifs is 1. The summed E-state index contributed by atoms with van der Waals surface area (Å²) in [5.41, 5.74) is 2.34. The lowest BCUT2D eigenvalue weighted by Crippen LogP contribution is -2.39. The highest BCUT2D eigenvalue weighted by atomic mass is 32.2. The summed E-state index contributed by atoms with van der Waals surface area (Å²) in [7, 11) is 0. The number of anilines is 1. The maximum atomic E-state index is 11.5. The van der Waals surface area contributed by atoms with Crippen LogP contribution in [0, 0.1) is 0 Å². The first kappa shape index (κ1) is 10.2. The van der Waals surface area contributed by atoms with Crippen molar-refractivity contribution in [2.75, 3.05) is 18.4 Å². The molecule has 2 aliphatic heterocycles. The Morgan fingerprint density at radius 1 is 1.38 bits per heavy atom. The Bertz CT molecular complexity index is 443. The van der Waals surface area contributed by atoms with E-state index in [0.29, 0.717) is 5.92 Å². The summed E-state index contributed by atoms with van der Waals surface area (Å²) in [6.07, 6.45) is 0. The van der Waals surface area contributed by atoms with E-state index in [9.17, 15) is 4.79 Å². The van der Waals surface area contributed by atoms with Crippen molar-refractivity contribution in [2.45, 2.75) is 23.0 Å². The van der Waals surface area contributed by atoms with Crippen molar-refractivity contribution >= 4 is 23.4 Å². The van der Waals surface area contributed by atoms with Gasteiger partial charge in [-0.25, -0.2) is 0 Å². The van der Waals surface area contributed by atoms with E-state index >= 15 is 0 Å². The molecule has 1 atom stereocenters. The molecule has 84 valence electrons. The standard InChI is InChI=1S/C12H14N2OS/c1-7-12(15)14-10-3-2-8(4-11(10)16-7)9-5-13-6-9/h2-4,7,9,13H,5-6H2,1H3,(H,14,15). The Balaban J connectivity index is 1.92. The van der Waals surface area contributed by atoms with E-state index in [1.807, 2.05) is 13.0 Å². The number of benzene rings is 1. The molecular formula is C12H14N2OS. The van der Waals surface area contributed by atoms with E-state index in [1.54, 1.807) is 11.8 Å². The Hall–Kier alpha value is -1.00. The van der Waals surface area contributed by atoms with Crippen LogP contribution in [0.3, 0.4) is 0 Å². The van der Waals surface area contributed by atoms with Gasteiger partial charge < -0.3 is 10.6 Å². The van der Waals surface area contributed by atoms with Gasteiger partial charge in [-0.15, -0.1) is 11.8 Å². The number of thioether (sulfide) groups is 1. The largest absolute Gasteiger partial charge is 0.324 e. The summed E-state index contributed by atoms with van der Waals surface area (Å²) in [6, 6.07) is 6.38. The van der Waals surface area contributed by atoms with E-state index in [0.717, 1.165) is 18.8 Å². The minimum atomic E-state index is 0.0160. The lowest BCUT2D eigenvalue weighted by atomic mass is 9.93. The number of carbonyl (C=O) groups is 1. The fourth-order valence-electron chi connectivity index (χ4n) is 2.00. The third-order valence-corrected chi connectivity index (χ3v) is 4.35.